The molecule has 7 aromatic rings. The molecule has 0 bridgehead atoms. The fourth-order valence-electron chi connectivity index (χ4n) is 6.45. The number of imidazole rings is 2. The second kappa shape index (κ2) is 22.0. The van der Waals surface area contributed by atoms with Gasteiger partial charge in [0.15, 0.2) is 11.6 Å². The molecule has 1 saturated carbocycles. The van der Waals surface area contributed by atoms with Crippen molar-refractivity contribution in [2.75, 3.05) is 30.5 Å². The van der Waals surface area contributed by atoms with Gasteiger partial charge in [-0.3, -0.25) is 24.2 Å². The average Bonchev–Trinajstić information content (AvgIpc) is 3.89. The molecule has 5 N–H and O–H groups in total. The number of carbonyl (C=O) groups is 2. The number of carbonyl (C=O) groups excluding carboxylic acids is 2. The van der Waals surface area contributed by atoms with Gasteiger partial charge in [-0.25, -0.2) is 29.7 Å². The number of fused-ring (bicyclic) bond motifs is 2. The van der Waals surface area contributed by atoms with Gasteiger partial charge in [-0.15, -0.1) is 0 Å². The fraction of sp³-hybridized carbons (Fsp3) is 0.227. The van der Waals surface area contributed by atoms with Crippen LogP contribution in [-0.4, -0.2) is 60.8 Å². The molecule has 65 heavy (non-hydrogen) atoms. The number of hydrogen-bond donors (Lipinski definition) is 5. The fourth-order valence-corrected chi connectivity index (χ4v) is 7.89. The second-order valence-corrected chi connectivity index (χ2v) is 17.2. The van der Waals surface area contributed by atoms with Crippen molar-refractivity contribution in [3.05, 3.63) is 133 Å². The molecule has 336 valence electrons. The third kappa shape index (κ3) is 11.8. The number of nitrogens with one attached hydrogen (secondary N) is 4. The predicted molar refractivity (Wildman–Crippen MR) is 249 cm³/mol. The maximum atomic E-state index is 15.7. The van der Waals surface area contributed by atoms with Crippen molar-refractivity contribution in [2.45, 2.75) is 38.8 Å². The summed E-state index contributed by atoms with van der Waals surface area (Å²) in [6.07, 6.45) is 7.77. The van der Waals surface area contributed by atoms with Crippen LogP contribution in [0.3, 0.4) is 0 Å². The number of unbranched alkanes of at least 4 members (excludes halogenated alkanes) is 1. The minimum absolute atomic E-state index is 0.0281. The monoisotopic (exact) mass is 1050 g/mol. The van der Waals surface area contributed by atoms with E-state index >= 15 is 8.78 Å². The molecular formula is C44H38Br2Cl2F2N10O5. The number of hydrogen-bond acceptors (Lipinski definition) is 11. The van der Waals surface area contributed by atoms with Gasteiger partial charge in [0.1, 0.15) is 11.0 Å². The SMILES string of the molecule is N#CCCCn1cnc2c(F)c(Nc3ccc(Br)cc3Cl)c(C(=O)NOCC3CC3)cc21.O=C(NOCCO)c1cc2c(ncn2Cc2ccccn2)c(F)c1Nc1ccc(Br)cc1Cl. The topological polar surface area (TPSA) is 193 Å². The number of rotatable bonds is 17. The van der Waals surface area contributed by atoms with Crippen LogP contribution in [0.1, 0.15) is 52.1 Å². The Morgan fingerprint density at radius 2 is 1.38 bits per heavy atom. The van der Waals surface area contributed by atoms with E-state index in [9.17, 15) is 9.59 Å². The van der Waals surface area contributed by atoms with Crippen molar-refractivity contribution in [2.24, 2.45) is 5.92 Å². The molecule has 21 heteroatoms. The summed E-state index contributed by atoms with van der Waals surface area (Å²) in [6.45, 7) is 0.835. The molecule has 3 aromatic heterocycles. The molecule has 0 saturated heterocycles. The quantitative estimate of drug-likeness (QED) is 0.0431. The summed E-state index contributed by atoms with van der Waals surface area (Å²) in [5.41, 5.74) is 7.15. The van der Waals surface area contributed by atoms with E-state index < -0.39 is 23.4 Å². The number of aliphatic hydroxyl groups excluding tert-OH is 1. The lowest BCUT2D eigenvalue weighted by Crippen LogP contribution is -2.26. The smallest absolute Gasteiger partial charge is 0.277 e. The summed E-state index contributed by atoms with van der Waals surface area (Å²) in [7, 11) is 0. The third-order valence-corrected chi connectivity index (χ3v) is 11.5. The Labute approximate surface area is 397 Å². The third-order valence-electron chi connectivity index (χ3n) is 9.87. The molecule has 8 rings (SSSR count). The minimum Gasteiger partial charge on any atom is -0.394 e. The van der Waals surface area contributed by atoms with Crippen LogP contribution in [0.5, 0.6) is 0 Å². The van der Waals surface area contributed by atoms with Gasteiger partial charge in [0, 0.05) is 28.1 Å². The number of amides is 2. The first-order valence-electron chi connectivity index (χ1n) is 20.0. The first-order chi connectivity index (χ1) is 31.4. The van der Waals surface area contributed by atoms with Crippen molar-refractivity contribution in [3.63, 3.8) is 0 Å². The number of aliphatic hydroxyl groups is 1. The Balaban J connectivity index is 0.000000194. The maximum Gasteiger partial charge on any atom is 0.277 e. The number of aryl methyl sites for hydroxylation is 1. The summed E-state index contributed by atoms with van der Waals surface area (Å²) in [6, 6.07) is 20.8. The molecule has 4 aromatic carbocycles. The van der Waals surface area contributed by atoms with Gasteiger partial charge in [-0.05, 0) is 85.8 Å². The summed E-state index contributed by atoms with van der Waals surface area (Å²) in [5, 5.41) is 24.2. The molecule has 0 spiro atoms. The summed E-state index contributed by atoms with van der Waals surface area (Å²) >= 11 is 19.2. The number of aromatic nitrogens is 5. The molecular weight excluding hydrogens is 1020 g/mol. The van der Waals surface area contributed by atoms with E-state index in [-0.39, 0.29) is 46.7 Å². The van der Waals surface area contributed by atoms with E-state index in [1.807, 2.05) is 12.1 Å². The Hall–Kier alpha value is -5.72. The minimum atomic E-state index is -0.724. The summed E-state index contributed by atoms with van der Waals surface area (Å²) in [4.78, 5) is 48.7. The van der Waals surface area contributed by atoms with Crippen molar-refractivity contribution in [1.29, 1.82) is 5.26 Å². The van der Waals surface area contributed by atoms with E-state index in [0.717, 1.165) is 27.5 Å². The van der Waals surface area contributed by atoms with Crippen LogP contribution in [-0.2, 0) is 22.8 Å². The van der Waals surface area contributed by atoms with Gasteiger partial charge in [-0.2, -0.15) is 5.26 Å². The van der Waals surface area contributed by atoms with E-state index in [1.54, 1.807) is 63.9 Å². The molecule has 0 unspecified atom stereocenters. The molecule has 15 nitrogen and oxygen atoms in total. The van der Waals surface area contributed by atoms with Crippen LogP contribution in [0.4, 0.5) is 31.5 Å². The van der Waals surface area contributed by atoms with Gasteiger partial charge in [-0.1, -0.05) is 61.1 Å². The number of halogens is 6. The molecule has 2 amide bonds. The molecule has 0 radical (unpaired) electrons. The zero-order valence-electron chi connectivity index (χ0n) is 34.1. The highest BCUT2D eigenvalue weighted by molar-refractivity contribution is 9.10. The first-order valence-corrected chi connectivity index (χ1v) is 22.3. The highest BCUT2D eigenvalue weighted by Gasteiger charge is 2.26. The number of nitrogens with zero attached hydrogens (tertiary/aromatic N) is 6. The predicted octanol–water partition coefficient (Wildman–Crippen LogP) is 10.1. The zero-order valence-corrected chi connectivity index (χ0v) is 38.7. The highest BCUT2D eigenvalue weighted by Crippen LogP contribution is 2.37. The second-order valence-electron chi connectivity index (χ2n) is 14.5. The van der Waals surface area contributed by atoms with Crippen molar-refractivity contribution >= 4 is 112 Å². The van der Waals surface area contributed by atoms with Gasteiger partial charge >= 0.3 is 0 Å². The lowest BCUT2D eigenvalue weighted by Gasteiger charge is -2.15. The van der Waals surface area contributed by atoms with Crippen LogP contribution in [0.15, 0.2) is 94.5 Å². The average molecular weight is 1060 g/mol. The van der Waals surface area contributed by atoms with E-state index in [1.165, 1.54) is 18.7 Å². The lowest BCUT2D eigenvalue weighted by molar-refractivity contribution is 0.0169. The number of hydroxylamine groups is 2. The van der Waals surface area contributed by atoms with Crippen LogP contribution >= 0.6 is 55.1 Å². The highest BCUT2D eigenvalue weighted by atomic mass is 79.9. The zero-order chi connectivity index (χ0) is 46.0. The van der Waals surface area contributed by atoms with Crippen LogP contribution in [0.2, 0.25) is 10.0 Å². The Morgan fingerprint density at radius 1 is 0.815 bits per heavy atom. The van der Waals surface area contributed by atoms with Crippen molar-refractivity contribution in [3.8, 4) is 6.07 Å². The standard InChI is InChI=1S/C22H18BrClFN5O3.C22H20BrClFN5O2/c23-13-4-5-17(16(24)9-13)28-20-15(22(32)29-33-8-7-31)10-18-21(19(20)25)27-12-30(18)11-14-3-1-2-6-26-14;23-14-5-6-17(16(24)9-14)28-20-15(22(31)29-32-11-13-3-4-13)10-18-21(19(20)25)27-12-30(18)8-2-1-7-26/h1-6,9-10,12,28,31H,7-8,11H2,(H,29,32);5-6,9-10,12-13,28H,1-4,8,11H2,(H,29,31). The maximum absolute atomic E-state index is 15.7. The molecule has 0 aliphatic heterocycles. The number of nitriles is 1. The Kier molecular flexibility index (Phi) is 16.0. The van der Waals surface area contributed by atoms with Crippen LogP contribution in [0.25, 0.3) is 22.1 Å². The number of pyridine rings is 1. The summed E-state index contributed by atoms with van der Waals surface area (Å²) < 4.78 is 36.2. The Bertz CT molecular complexity index is 2900. The largest absolute Gasteiger partial charge is 0.394 e. The number of benzene rings is 4. The molecule has 3 heterocycles. The van der Waals surface area contributed by atoms with Gasteiger partial charge in [0.25, 0.3) is 11.8 Å². The van der Waals surface area contributed by atoms with E-state index in [0.29, 0.717) is 70.9 Å². The van der Waals surface area contributed by atoms with Crippen molar-refractivity contribution < 1.29 is 33.2 Å². The molecule has 1 fully saturated rings. The van der Waals surface area contributed by atoms with Crippen molar-refractivity contribution in [1.82, 2.24) is 35.0 Å². The van der Waals surface area contributed by atoms with Gasteiger partial charge < -0.3 is 24.9 Å². The van der Waals surface area contributed by atoms with Crippen LogP contribution < -0.4 is 21.6 Å². The van der Waals surface area contributed by atoms with Crippen LogP contribution in [0, 0.1) is 28.9 Å². The Morgan fingerprint density at radius 3 is 1.91 bits per heavy atom. The molecule has 1 aliphatic carbocycles. The normalized spacial score (nSPS) is 12.1. The molecule has 0 atom stereocenters. The number of anilines is 4. The van der Waals surface area contributed by atoms with Gasteiger partial charge in [0.2, 0.25) is 0 Å². The lowest BCUT2D eigenvalue weighted by atomic mass is 10.1. The summed E-state index contributed by atoms with van der Waals surface area (Å²) in [5.74, 6) is -2.22. The molecule has 1 aliphatic rings. The van der Waals surface area contributed by atoms with E-state index in [2.05, 4.69) is 74.5 Å². The van der Waals surface area contributed by atoms with Gasteiger partial charge in [0.05, 0.1) is 106 Å². The first kappa shape index (κ1) is 47.2. The van der Waals surface area contributed by atoms with E-state index in [4.69, 9.17) is 43.2 Å².